The van der Waals surface area contributed by atoms with Crippen LogP contribution in [-0.2, 0) is 0 Å². The molecule has 0 aromatic heterocycles. The molecule has 1 atom stereocenters. The summed E-state index contributed by atoms with van der Waals surface area (Å²) in [5.74, 6) is 0. The molecule has 1 aromatic rings. The standard InChI is InChI=1S/C8H11P.2ClH/c1-6-4-3-5-8(9)7(6)2;;/h3-5H,9H2,1-2H3;2*1H. The van der Waals surface area contributed by atoms with Gasteiger partial charge in [-0.15, -0.1) is 34.1 Å². The molecule has 0 spiro atoms. The van der Waals surface area contributed by atoms with E-state index in [4.69, 9.17) is 0 Å². The summed E-state index contributed by atoms with van der Waals surface area (Å²) in [4.78, 5) is 0. The maximum Gasteiger partial charge on any atom is -0.0271 e. The lowest BCUT2D eigenvalue weighted by atomic mass is 10.1. The minimum atomic E-state index is 0. The van der Waals surface area contributed by atoms with Crippen molar-refractivity contribution in [1.29, 1.82) is 0 Å². The van der Waals surface area contributed by atoms with Gasteiger partial charge in [-0.1, -0.05) is 18.2 Å². The van der Waals surface area contributed by atoms with Crippen LogP contribution >= 0.6 is 34.1 Å². The van der Waals surface area contributed by atoms with Gasteiger partial charge in [0.2, 0.25) is 0 Å². The van der Waals surface area contributed by atoms with Crippen LogP contribution in [0.4, 0.5) is 0 Å². The van der Waals surface area contributed by atoms with E-state index < -0.39 is 0 Å². The minimum absolute atomic E-state index is 0. The highest BCUT2D eigenvalue weighted by molar-refractivity contribution is 7.27. The molecule has 0 amide bonds. The Morgan fingerprint density at radius 1 is 1.09 bits per heavy atom. The summed E-state index contributed by atoms with van der Waals surface area (Å²) < 4.78 is 0. The van der Waals surface area contributed by atoms with Gasteiger partial charge in [-0.3, -0.25) is 0 Å². The maximum atomic E-state index is 2.72. The van der Waals surface area contributed by atoms with Crippen LogP contribution in [0.5, 0.6) is 0 Å². The smallest absolute Gasteiger partial charge is 0.0271 e. The lowest BCUT2D eigenvalue weighted by Crippen LogP contribution is -1.97. The van der Waals surface area contributed by atoms with Crippen LogP contribution in [0.25, 0.3) is 0 Å². The van der Waals surface area contributed by atoms with Crippen molar-refractivity contribution in [2.24, 2.45) is 0 Å². The number of hydrogen-bond donors (Lipinski definition) is 0. The van der Waals surface area contributed by atoms with Gasteiger partial charge in [-0.05, 0) is 30.3 Å². The second kappa shape index (κ2) is 5.83. The van der Waals surface area contributed by atoms with Crippen molar-refractivity contribution in [2.75, 3.05) is 0 Å². The van der Waals surface area contributed by atoms with Crippen LogP contribution in [0, 0.1) is 13.8 Å². The van der Waals surface area contributed by atoms with Gasteiger partial charge in [0.1, 0.15) is 0 Å². The highest BCUT2D eigenvalue weighted by Crippen LogP contribution is 2.04. The van der Waals surface area contributed by atoms with E-state index in [1.165, 1.54) is 16.4 Å². The van der Waals surface area contributed by atoms with Crippen LogP contribution in [0.2, 0.25) is 0 Å². The Hall–Kier alpha value is 0.230. The van der Waals surface area contributed by atoms with Crippen LogP contribution in [-0.4, -0.2) is 0 Å². The van der Waals surface area contributed by atoms with E-state index >= 15 is 0 Å². The summed E-state index contributed by atoms with van der Waals surface area (Å²) in [6.45, 7) is 4.26. The molecule has 0 radical (unpaired) electrons. The SMILES string of the molecule is Cc1cccc(P)c1C.Cl.Cl. The molecule has 1 aromatic carbocycles. The topological polar surface area (TPSA) is 0 Å². The molecule has 0 heterocycles. The molecule has 3 heteroatoms. The van der Waals surface area contributed by atoms with Gasteiger partial charge in [0.25, 0.3) is 0 Å². The molecule has 0 bridgehead atoms. The fraction of sp³-hybridized carbons (Fsp3) is 0.250. The predicted octanol–water partition coefficient (Wildman–Crippen LogP) is 2.65. The Labute approximate surface area is 82.8 Å². The third kappa shape index (κ3) is 3.42. The Morgan fingerprint density at radius 3 is 2.00 bits per heavy atom. The first-order chi connectivity index (χ1) is 4.22. The number of rotatable bonds is 0. The lowest BCUT2D eigenvalue weighted by molar-refractivity contribution is 1.37. The van der Waals surface area contributed by atoms with E-state index in [1.54, 1.807) is 0 Å². The summed E-state index contributed by atoms with van der Waals surface area (Å²) in [6, 6.07) is 6.31. The average Bonchev–Trinajstić information content (AvgIpc) is 1.83. The van der Waals surface area contributed by atoms with E-state index in [0.29, 0.717) is 0 Å². The lowest BCUT2D eigenvalue weighted by Gasteiger charge is -2.00. The van der Waals surface area contributed by atoms with E-state index in [1.807, 2.05) is 0 Å². The summed E-state index contributed by atoms with van der Waals surface area (Å²) in [5, 5.41) is 1.30. The maximum absolute atomic E-state index is 2.72. The van der Waals surface area contributed by atoms with Crippen LogP contribution in [0.15, 0.2) is 18.2 Å². The Bertz CT molecular complexity index is 203. The van der Waals surface area contributed by atoms with Gasteiger partial charge in [0.05, 0.1) is 0 Å². The molecule has 0 fully saturated rings. The Kier molecular flexibility index (Phi) is 7.31. The first kappa shape index (κ1) is 13.8. The Morgan fingerprint density at radius 2 is 1.64 bits per heavy atom. The molecule has 0 saturated heterocycles. The van der Waals surface area contributed by atoms with Gasteiger partial charge in [-0.2, -0.15) is 0 Å². The first-order valence-electron chi connectivity index (χ1n) is 3.03. The summed E-state index contributed by atoms with van der Waals surface area (Å²) >= 11 is 0. The van der Waals surface area contributed by atoms with Crippen LogP contribution in [0.1, 0.15) is 11.1 Å². The van der Waals surface area contributed by atoms with Crippen molar-refractivity contribution in [3.05, 3.63) is 29.3 Å². The molecule has 0 nitrogen and oxygen atoms in total. The van der Waals surface area contributed by atoms with E-state index in [2.05, 4.69) is 41.3 Å². The second-order valence-electron chi connectivity index (χ2n) is 2.29. The van der Waals surface area contributed by atoms with Crippen LogP contribution < -0.4 is 5.30 Å². The highest BCUT2D eigenvalue weighted by Gasteiger charge is 1.92. The molecule has 11 heavy (non-hydrogen) atoms. The van der Waals surface area contributed by atoms with Crippen molar-refractivity contribution in [1.82, 2.24) is 0 Å². The van der Waals surface area contributed by atoms with Crippen molar-refractivity contribution >= 4 is 39.4 Å². The average molecular weight is 211 g/mol. The number of aryl methyl sites for hydroxylation is 1. The molecular formula is C8H13Cl2P. The van der Waals surface area contributed by atoms with E-state index in [-0.39, 0.29) is 24.8 Å². The quantitative estimate of drug-likeness (QED) is 0.578. The molecule has 0 saturated carbocycles. The van der Waals surface area contributed by atoms with Gasteiger partial charge in [-0.25, -0.2) is 0 Å². The highest BCUT2D eigenvalue weighted by atomic mass is 35.5. The fourth-order valence-electron chi connectivity index (χ4n) is 0.774. The number of halogens is 2. The molecular weight excluding hydrogens is 198 g/mol. The summed E-state index contributed by atoms with van der Waals surface area (Å²) in [6.07, 6.45) is 0. The third-order valence-electron chi connectivity index (χ3n) is 1.65. The molecule has 0 aliphatic carbocycles. The molecule has 1 unspecified atom stereocenters. The van der Waals surface area contributed by atoms with Gasteiger partial charge in [0.15, 0.2) is 0 Å². The molecule has 1 rings (SSSR count). The largest absolute Gasteiger partial charge is 0.147 e. The normalized spacial score (nSPS) is 7.91. The molecule has 0 aliphatic rings. The molecule has 0 N–H and O–H groups in total. The van der Waals surface area contributed by atoms with Crippen molar-refractivity contribution in [3.8, 4) is 0 Å². The van der Waals surface area contributed by atoms with Crippen molar-refractivity contribution in [2.45, 2.75) is 13.8 Å². The zero-order valence-corrected chi connectivity index (χ0v) is 9.41. The van der Waals surface area contributed by atoms with Crippen molar-refractivity contribution < 1.29 is 0 Å². The van der Waals surface area contributed by atoms with Crippen molar-refractivity contribution in [3.63, 3.8) is 0 Å². The fourth-order valence-corrected chi connectivity index (χ4v) is 1.11. The first-order valence-corrected chi connectivity index (χ1v) is 3.61. The van der Waals surface area contributed by atoms with E-state index in [0.717, 1.165) is 0 Å². The van der Waals surface area contributed by atoms with Gasteiger partial charge in [0, 0.05) is 0 Å². The number of hydrogen-bond acceptors (Lipinski definition) is 0. The van der Waals surface area contributed by atoms with E-state index in [9.17, 15) is 0 Å². The monoisotopic (exact) mass is 210 g/mol. The third-order valence-corrected chi connectivity index (χ3v) is 2.27. The van der Waals surface area contributed by atoms with Crippen LogP contribution in [0.3, 0.4) is 0 Å². The molecule has 0 aliphatic heterocycles. The summed E-state index contributed by atoms with van der Waals surface area (Å²) in [7, 11) is 2.72. The summed E-state index contributed by atoms with van der Waals surface area (Å²) in [5.41, 5.74) is 2.74. The van der Waals surface area contributed by atoms with Gasteiger partial charge < -0.3 is 0 Å². The predicted molar refractivity (Wildman–Crippen MR) is 59.8 cm³/mol. The zero-order valence-electron chi connectivity index (χ0n) is 6.63. The minimum Gasteiger partial charge on any atom is -0.147 e. The molecule has 64 valence electrons. The Balaban J connectivity index is 0. The second-order valence-corrected chi connectivity index (χ2v) is 2.91. The zero-order chi connectivity index (χ0) is 6.85. The van der Waals surface area contributed by atoms with Gasteiger partial charge >= 0.3 is 0 Å². The number of benzene rings is 1.